The molecule has 0 N–H and O–H groups in total. The molecule has 0 bridgehead atoms. The van der Waals surface area contributed by atoms with E-state index in [1.165, 1.54) is 9.87 Å². The number of hydrogen-bond donors (Lipinski definition) is 0. The van der Waals surface area contributed by atoms with Crippen molar-refractivity contribution < 1.29 is 13.2 Å². The quantitative estimate of drug-likeness (QED) is 0.486. The van der Waals surface area contributed by atoms with Crippen LogP contribution in [0, 0.1) is 11.8 Å². The van der Waals surface area contributed by atoms with E-state index >= 15 is 0 Å². The minimum atomic E-state index is -3.70. The Hall–Kier alpha value is -2.38. The average molecular weight is 456 g/mol. The second-order valence-corrected chi connectivity index (χ2v) is 10.9. The Morgan fingerprint density at radius 1 is 1.19 bits per heavy atom. The van der Waals surface area contributed by atoms with Crippen LogP contribution in [0.5, 0.6) is 0 Å². The molecule has 7 heteroatoms. The summed E-state index contributed by atoms with van der Waals surface area (Å²) in [7, 11) is -3.70. The Labute approximate surface area is 191 Å². The van der Waals surface area contributed by atoms with Gasteiger partial charge in [0.2, 0.25) is 0 Å². The minimum absolute atomic E-state index is 0.194. The second-order valence-electron chi connectivity index (χ2n) is 9.08. The molecule has 1 aliphatic rings. The van der Waals surface area contributed by atoms with Crippen LogP contribution in [-0.2, 0) is 27.7 Å². The molecule has 1 aliphatic heterocycles. The molecular weight excluding hydrogens is 422 g/mol. The van der Waals surface area contributed by atoms with Crippen LogP contribution in [0.4, 0.5) is 5.69 Å². The standard InChI is InChI=1S/C25H33N3O3S/c1-4-20-7-9-23(10-8-20)28(16-19(2)3)32(29,30)24-11-12-25-22(14-24)15-26-27(25)17-21-6-5-13-31-18-21/h7-12,14-15,19,21H,4-6,13,16-18H2,1-3H3. The molecule has 172 valence electrons. The Morgan fingerprint density at radius 3 is 2.62 bits per heavy atom. The van der Waals surface area contributed by atoms with E-state index in [-0.39, 0.29) is 5.92 Å². The molecular formula is C25H33N3O3S. The van der Waals surface area contributed by atoms with E-state index in [1.54, 1.807) is 18.3 Å². The van der Waals surface area contributed by atoms with Crippen molar-refractivity contribution in [2.75, 3.05) is 24.1 Å². The van der Waals surface area contributed by atoms with Crippen molar-refractivity contribution in [2.24, 2.45) is 11.8 Å². The first-order chi connectivity index (χ1) is 15.4. The lowest BCUT2D eigenvalue weighted by Gasteiger charge is -2.26. The predicted molar refractivity (Wildman–Crippen MR) is 128 cm³/mol. The molecule has 1 saturated heterocycles. The van der Waals surface area contributed by atoms with Gasteiger partial charge >= 0.3 is 0 Å². The number of sulfonamides is 1. The SMILES string of the molecule is CCc1ccc(N(CC(C)C)S(=O)(=O)c2ccc3c(cnn3CC3CCCOC3)c2)cc1. The lowest BCUT2D eigenvalue weighted by molar-refractivity contribution is 0.0475. The molecule has 0 amide bonds. The molecule has 3 aromatic rings. The van der Waals surface area contributed by atoms with Crippen LogP contribution in [-0.4, -0.2) is 38.0 Å². The van der Waals surface area contributed by atoms with Crippen LogP contribution in [0.3, 0.4) is 0 Å². The van der Waals surface area contributed by atoms with Crippen molar-refractivity contribution >= 4 is 26.6 Å². The number of rotatable bonds is 8. The van der Waals surface area contributed by atoms with E-state index in [9.17, 15) is 8.42 Å². The summed E-state index contributed by atoms with van der Waals surface area (Å²) in [6.45, 7) is 8.97. The molecule has 1 fully saturated rings. The molecule has 0 saturated carbocycles. The van der Waals surface area contributed by atoms with Gasteiger partial charge in [0.1, 0.15) is 0 Å². The van der Waals surface area contributed by atoms with Crippen LogP contribution in [0.1, 0.15) is 39.2 Å². The number of anilines is 1. The van der Waals surface area contributed by atoms with Crippen molar-refractivity contribution in [3.05, 3.63) is 54.2 Å². The fraction of sp³-hybridized carbons (Fsp3) is 0.480. The maximum Gasteiger partial charge on any atom is 0.264 e. The zero-order valence-electron chi connectivity index (χ0n) is 19.2. The number of hydrogen-bond acceptors (Lipinski definition) is 4. The second kappa shape index (κ2) is 9.63. The van der Waals surface area contributed by atoms with E-state index in [2.05, 4.69) is 12.0 Å². The van der Waals surface area contributed by atoms with Gasteiger partial charge < -0.3 is 4.74 Å². The third-order valence-corrected chi connectivity index (χ3v) is 7.84. The van der Waals surface area contributed by atoms with Crippen LogP contribution < -0.4 is 4.31 Å². The van der Waals surface area contributed by atoms with Crippen molar-refractivity contribution in [2.45, 2.75) is 51.5 Å². The van der Waals surface area contributed by atoms with Crippen LogP contribution in [0.15, 0.2) is 53.6 Å². The van der Waals surface area contributed by atoms with Gasteiger partial charge in [0.25, 0.3) is 10.0 Å². The minimum Gasteiger partial charge on any atom is -0.381 e. The molecule has 4 rings (SSSR count). The van der Waals surface area contributed by atoms with Gasteiger partial charge in [0, 0.05) is 31.0 Å². The third kappa shape index (κ3) is 4.84. The van der Waals surface area contributed by atoms with Gasteiger partial charge in [0.05, 0.1) is 28.9 Å². The Bertz CT molecular complexity index is 1150. The van der Waals surface area contributed by atoms with Crippen LogP contribution >= 0.6 is 0 Å². The monoisotopic (exact) mass is 455 g/mol. The fourth-order valence-corrected chi connectivity index (χ4v) is 5.93. The Kier molecular flexibility index (Phi) is 6.86. The van der Waals surface area contributed by atoms with E-state index < -0.39 is 10.0 Å². The first-order valence-electron chi connectivity index (χ1n) is 11.5. The van der Waals surface area contributed by atoms with Crippen molar-refractivity contribution in [1.29, 1.82) is 0 Å². The Morgan fingerprint density at radius 2 is 1.97 bits per heavy atom. The van der Waals surface area contributed by atoms with Gasteiger partial charge in [-0.3, -0.25) is 8.99 Å². The Balaban J connectivity index is 1.65. The molecule has 1 aromatic heterocycles. The zero-order chi connectivity index (χ0) is 22.7. The lowest BCUT2D eigenvalue weighted by atomic mass is 10.0. The van der Waals surface area contributed by atoms with E-state index in [0.717, 1.165) is 49.9 Å². The van der Waals surface area contributed by atoms with Crippen molar-refractivity contribution in [3.8, 4) is 0 Å². The lowest BCUT2D eigenvalue weighted by Crippen LogP contribution is -2.34. The highest BCUT2D eigenvalue weighted by Crippen LogP contribution is 2.28. The molecule has 2 aromatic carbocycles. The first-order valence-corrected chi connectivity index (χ1v) is 13.0. The molecule has 0 aliphatic carbocycles. The molecule has 6 nitrogen and oxygen atoms in total. The van der Waals surface area contributed by atoms with Crippen LogP contribution in [0.25, 0.3) is 10.9 Å². The summed E-state index contributed by atoms with van der Waals surface area (Å²) in [6, 6.07) is 13.1. The summed E-state index contributed by atoms with van der Waals surface area (Å²) in [5.41, 5.74) is 2.84. The van der Waals surface area contributed by atoms with Gasteiger partial charge in [-0.2, -0.15) is 5.10 Å². The van der Waals surface area contributed by atoms with Gasteiger partial charge in [-0.05, 0) is 61.1 Å². The topological polar surface area (TPSA) is 64.4 Å². The highest BCUT2D eigenvalue weighted by atomic mass is 32.2. The summed E-state index contributed by atoms with van der Waals surface area (Å²) in [5, 5.41) is 5.38. The molecule has 32 heavy (non-hydrogen) atoms. The number of fused-ring (bicyclic) bond motifs is 1. The summed E-state index contributed by atoms with van der Waals surface area (Å²) in [6.07, 6.45) is 4.90. The van der Waals surface area contributed by atoms with Crippen molar-refractivity contribution in [3.63, 3.8) is 0 Å². The maximum absolute atomic E-state index is 13.7. The molecule has 0 spiro atoms. The molecule has 2 heterocycles. The fourth-order valence-electron chi connectivity index (χ4n) is 4.27. The third-order valence-electron chi connectivity index (χ3n) is 6.05. The number of benzene rings is 2. The van der Waals surface area contributed by atoms with Gasteiger partial charge in [-0.1, -0.05) is 32.9 Å². The maximum atomic E-state index is 13.7. The zero-order valence-corrected chi connectivity index (χ0v) is 20.0. The van der Waals surface area contributed by atoms with Gasteiger partial charge in [-0.15, -0.1) is 0 Å². The number of aromatic nitrogens is 2. The summed E-state index contributed by atoms with van der Waals surface area (Å²) >= 11 is 0. The summed E-state index contributed by atoms with van der Waals surface area (Å²) in [5.74, 6) is 0.641. The van der Waals surface area contributed by atoms with E-state index in [4.69, 9.17) is 4.74 Å². The predicted octanol–water partition coefficient (Wildman–Crippen LogP) is 4.88. The van der Waals surface area contributed by atoms with Crippen LogP contribution in [0.2, 0.25) is 0 Å². The van der Waals surface area contributed by atoms with E-state index in [0.29, 0.717) is 23.0 Å². The average Bonchev–Trinajstić information content (AvgIpc) is 3.20. The van der Waals surface area contributed by atoms with Crippen molar-refractivity contribution in [1.82, 2.24) is 9.78 Å². The normalized spacial score (nSPS) is 17.2. The highest BCUT2D eigenvalue weighted by molar-refractivity contribution is 7.92. The number of aryl methyl sites for hydroxylation is 1. The summed E-state index contributed by atoms with van der Waals surface area (Å²) < 4.78 is 36.4. The van der Waals surface area contributed by atoms with E-state index in [1.807, 2.05) is 48.9 Å². The van der Waals surface area contributed by atoms with Gasteiger partial charge in [-0.25, -0.2) is 8.42 Å². The highest BCUT2D eigenvalue weighted by Gasteiger charge is 2.26. The smallest absolute Gasteiger partial charge is 0.264 e. The molecule has 1 unspecified atom stereocenters. The number of ether oxygens (including phenoxy) is 1. The van der Waals surface area contributed by atoms with Gasteiger partial charge in [0.15, 0.2) is 0 Å². The first kappa shape index (κ1) is 22.8. The largest absolute Gasteiger partial charge is 0.381 e. The summed E-state index contributed by atoms with van der Waals surface area (Å²) in [4.78, 5) is 0.297. The molecule has 0 radical (unpaired) electrons. The molecule has 1 atom stereocenters. The number of nitrogens with zero attached hydrogens (tertiary/aromatic N) is 3.